The molecule has 0 amide bonds. The zero-order chi connectivity index (χ0) is 17.6. The maximum absolute atomic E-state index is 13.0. The van der Waals surface area contributed by atoms with Gasteiger partial charge < -0.3 is 4.74 Å². The molecule has 0 aliphatic heterocycles. The standard InChI is InChI=1S/C15H15N5O4S/c1-2-24-11(21)6-19-14-12(9-4-3-5-10(9)25-14)13(22)20(15(19)23)18-7-16-17-8-18/h7-8H,2-6H2,1H3. The van der Waals surface area contributed by atoms with Crippen molar-refractivity contribution in [2.24, 2.45) is 0 Å². The largest absolute Gasteiger partial charge is 0.465 e. The lowest BCUT2D eigenvalue weighted by Gasteiger charge is -2.11. The molecule has 25 heavy (non-hydrogen) atoms. The second-order valence-corrected chi connectivity index (χ2v) is 6.75. The van der Waals surface area contributed by atoms with Crippen LogP contribution in [0.5, 0.6) is 0 Å². The number of thiophene rings is 1. The number of nitrogens with zero attached hydrogens (tertiary/aromatic N) is 5. The molecule has 3 aromatic heterocycles. The number of aromatic nitrogens is 5. The minimum absolute atomic E-state index is 0.225. The molecule has 3 aromatic rings. The number of fused-ring (bicyclic) bond motifs is 3. The number of carbonyl (C=O) groups excluding carboxylic acids is 1. The third-order valence-electron chi connectivity index (χ3n) is 4.20. The number of ether oxygens (including phenoxy) is 1. The molecule has 0 radical (unpaired) electrons. The molecule has 0 fully saturated rings. The molecule has 0 N–H and O–H groups in total. The highest BCUT2D eigenvalue weighted by molar-refractivity contribution is 7.19. The van der Waals surface area contributed by atoms with Crippen molar-refractivity contribution in [3.05, 3.63) is 43.9 Å². The molecular formula is C15H15N5O4S. The average molecular weight is 361 g/mol. The average Bonchev–Trinajstić information content (AvgIpc) is 3.28. The Morgan fingerprint density at radius 3 is 2.76 bits per heavy atom. The predicted molar refractivity (Wildman–Crippen MR) is 89.8 cm³/mol. The van der Waals surface area contributed by atoms with Crippen molar-refractivity contribution in [1.29, 1.82) is 0 Å². The summed E-state index contributed by atoms with van der Waals surface area (Å²) in [6, 6.07) is 0. The third kappa shape index (κ3) is 2.40. The molecule has 0 bridgehead atoms. The van der Waals surface area contributed by atoms with E-state index in [0.717, 1.165) is 34.4 Å². The second kappa shape index (κ2) is 5.96. The predicted octanol–water partition coefficient (Wildman–Crippen LogP) is 0.179. The Hall–Kier alpha value is -2.75. The number of aryl methyl sites for hydroxylation is 2. The van der Waals surface area contributed by atoms with Crippen molar-refractivity contribution in [3.8, 4) is 0 Å². The topological polar surface area (TPSA) is 101 Å². The number of esters is 1. The molecule has 0 saturated heterocycles. The van der Waals surface area contributed by atoms with E-state index in [0.29, 0.717) is 10.2 Å². The Kier molecular flexibility index (Phi) is 3.75. The van der Waals surface area contributed by atoms with Gasteiger partial charge in [0.15, 0.2) is 0 Å². The molecule has 0 spiro atoms. The Morgan fingerprint density at radius 2 is 2.04 bits per heavy atom. The van der Waals surface area contributed by atoms with Crippen molar-refractivity contribution in [3.63, 3.8) is 0 Å². The Morgan fingerprint density at radius 1 is 1.28 bits per heavy atom. The fraction of sp³-hybridized carbons (Fsp3) is 0.400. The van der Waals surface area contributed by atoms with E-state index in [-0.39, 0.29) is 13.2 Å². The van der Waals surface area contributed by atoms with Crippen molar-refractivity contribution in [1.82, 2.24) is 24.1 Å². The first-order chi connectivity index (χ1) is 12.1. The minimum Gasteiger partial charge on any atom is -0.465 e. The first-order valence-electron chi connectivity index (χ1n) is 7.92. The van der Waals surface area contributed by atoms with Crippen LogP contribution in [-0.2, 0) is 28.9 Å². The summed E-state index contributed by atoms with van der Waals surface area (Å²) in [6.45, 7) is 1.68. The van der Waals surface area contributed by atoms with Gasteiger partial charge in [-0.2, -0.15) is 4.68 Å². The fourth-order valence-electron chi connectivity index (χ4n) is 3.17. The first-order valence-corrected chi connectivity index (χ1v) is 8.74. The highest BCUT2D eigenvalue weighted by atomic mass is 32.1. The van der Waals surface area contributed by atoms with Crippen molar-refractivity contribution in [2.75, 3.05) is 6.61 Å². The van der Waals surface area contributed by atoms with Crippen LogP contribution in [0.1, 0.15) is 23.8 Å². The van der Waals surface area contributed by atoms with Crippen LogP contribution in [0.4, 0.5) is 0 Å². The van der Waals surface area contributed by atoms with Gasteiger partial charge in [-0.05, 0) is 31.7 Å². The SMILES string of the molecule is CCOC(=O)Cn1c(=O)n(-n2cnnc2)c(=O)c2c3c(sc21)CCC3. The van der Waals surface area contributed by atoms with Gasteiger partial charge in [0.05, 0.1) is 12.0 Å². The van der Waals surface area contributed by atoms with E-state index in [4.69, 9.17) is 4.74 Å². The molecule has 3 heterocycles. The Bertz CT molecular complexity index is 1080. The Labute approximate surface area is 145 Å². The van der Waals surface area contributed by atoms with Gasteiger partial charge in [0.25, 0.3) is 5.56 Å². The van der Waals surface area contributed by atoms with Gasteiger partial charge in [0.1, 0.15) is 24.0 Å². The van der Waals surface area contributed by atoms with E-state index in [2.05, 4.69) is 10.2 Å². The molecular weight excluding hydrogens is 346 g/mol. The van der Waals surface area contributed by atoms with E-state index >= 15 is 0 Å². The van der Waals surface area contributed by atoms with Crippen LogP contribution in [0.15, 0.2) is 22.2 Å². The van der Waals surface area contributed by atoms with Crippen LogP contribution in [-0.4, -0.2) is 36.7 Å². The summed E-state index contributed by atoms with van der Waals surface area (Å²) < 4.78 is 8.46. The van der Waals surface area contributed by atoms with Gasteiger partial charge in [-0.1, -0.05) is 0 Å². The van der Waals surface area contributed by atoms with Crippen LogP contribution in [0.25, 0.3) is 10.2 Å². The number of rotatable bonds is 4. The summed E-state index contributed by atoms with van der Waals surface area (Å²) in [5, 5.41) is 7.81. The van der Waals surface area contributed by atoms with E-state index < -0.39 is 17.2 Å². The lowest BCUT2D eigenvalue weighted by atomic mass is 10.2. The van der Waals surface area contributed by atoms with E-state index in [1.54, 1.807) is 6.92 Å². The summed E-state index contributed by atoms with van der Waals surface area (Å²) in [7, 11) is 0. The zero-order valence-corrected chi connectivity index (χ0v) is 14.3. The summed E-state index contributed by atoms with van der Waals surface area (Å²) in [5.41, 5.74) is -0.0611. The summed E-state index contributed by atoms with van der Waals surface area (Å²) in [6.07, 6.45) is 5.21. The van der Waals surface area contributed by atoms with E-state index in [1.807, 2.05) is 0 Å². The summed E-state index contributed by atoms with van der Waals surface area (Å²) in [4.78, 5) is 39.5. The number of carbonyl (C=O) groups is 1. The van der Waals surface area contributed by atoms with Crippen LogP contribution < -0.4 is 11.2 Å². The van der Waals surface area contributed by atoms with Gasteiger partial charge in [0, 0.05) is 4.88 Å². The molecule has 10 heteroatoms. The van der Waals surface area contributed by atoms with Crippen molar-refractivity contribution in [2.45, 2.75) is 32.7 Å². The van der Waals surface area contributed by atoms with Crippen LogP contribution >= 0.6 is 11.3 Å². The van der Waals surface area contributed by atoms with Crippen LogP contribution in [0.2, 0.25) is 0 Å². The van der Waals surface area contributed by atoms with Gasteiger partial charge in [-0.25, -0.2) is 9.47 Å². The van der Waals surface area contributed by atoms with Crippen molar-refractivity contribution < 1.29 is 9.53 Å². The maximum atomic E-state index is 13.0. The summed E-state index contributed by atoms with van der Waals surface area (Å²) >= 11 is 1.41. The van der Waals surface area contributed by atoms with Crippen molar-refractivity contribution >= 4 is 27.5 Å². The van der Waals surface area contributed by atoms with E-state index in [9.17, 15) is 14.4 Å². The van der Waals surface area contributed by atoms with Gasteiger partial charge >= 0.3 is 11.7 Å². The molecule has 1 aliphatic carbocycles. The molecule has 0 saturated carbocycles. The van der Waals surface area contributed by atoms with Gasteiger partial charge in [-0.15, -0.1) is 21.5 Å². The molecule has 130 valence electrons. The highest BCUT2D eigenvalue weighted by Crippen LogP contribution is 2.35. The fourth-order valence-corrected chi connectivity index (χ4v) is 4.54. The molecule has 9 nitrogen and oxygen atoms in total. The zero-order valence-electron chi connectivity index (χ0n) is 13.5. The lowest BCUT2D eigenvalue weighted by molar-refractivity contribution is -0.143. The smallest absolute Gasteiger partial charge is 0.352 e. The lowest BCUT2D eigenvalue weighted by Crippen LogP contribution is -2.43. The molecule has 0 atom stereocenters. The normalized spacial score (nSPS) is 13.3. The molecule has 0 unspecified atom stereocenters. The number of hydrogen-bond donors (Lipinski definition) is 0. The van der Waals surface area contributed by atoms with Gasteiger partial charge in [0.2, 0.25) is 0 Å². The summed E-state index contributed by atoms with van der Waals surface area (Å²) in [5.74, 6) is -0.520. The quantitative estimate of drug-likeness (QED) is 0.615. The van der Waals surface area contributed by atoms with E-state index in [1.165, 1.54) is 33.2 Å². The Balaban J connectivity index is 2.04. The van der Waals surface area contributed by atoms with Crippen LogP contribution in [0, 0.1) is 0 Å². The van der Waals surface area contributed by atoms with Gasteiger partial charge in [-0.3, -0.25) is 14.2 Å². The molecule has 0 aromatic carbocycles. The third-order valence-corrected chi connectivity index (χ3v) is 5.51. The highest BCUT2D eigenvalue weighted by Gasteiger charge is 2.26. The van der Waals surface area contributed by atoms with Crippen LogP contribution in [0.3, 0.4) is 0 Å². The first kappa shape index (κ1) is 15.8. The monoisotopic (exact) mass is 361 g/mol. The number of hydrogen-bond acceptors (Lipinski definition) is 7. The second-order valence-electron chi connectivity index (χ2n) is 5.67. The molecule has 1 aliphatic rings. The minimum atomic E-state index is -0.620. The molecule has 4 rings (SSSR count). The maximum Gasteiger partial charge on any atom is 0.352 e.